The average molecular weight is 396 g/mol. The lowest BCUT2D eigenvalue weighted by Crippen LogP contribution is -2.50. The van der Waals surface area contributed by atoms with Crippen LogP contribution >= 0.6 is 15.9 Å². The van der Waals surface area contributed by atoms with Crippen LogP contribution in [0.15, 0.2) is 15.5 Å². The number of ether oxygens (including phenoxy) is 1. The van der Waals surface area contributed by atoms with Crippen molar-refractivity contribution in [2.45, 2.75) is 51.4 Å². The SMILES string of the molecule is CCCCOc1c2n(cc(Br)c1=O)CC1N(CC3CCCN31)C2=O. The van der Waals surface area contributed by atoms with Crippen LogP contribution in [-0.4, -0.2) is 52.2 Å². The molecule has 0 spiro atoms. The molecule has 2 fully saturated rings. The van der Waals surface area contributed by atoms with E-state index in [2.05, 4.69) is 27.8 Å². The van der Waals surface area contributed by atoms with Crippen molar-refractivity contribution in [3.63, 3.8) is 0 Å². The highest BCUT2D eigenvalue weighted by molar-refractivity contribution is 9.10. The molecule has 1 aromatic heterocycles. The minimum absolute atomic E-state index is 0.0725. The molecule has 6 nitrogen and oxygen atoms in total. The van der Waals surface area contributed by atoms with Gasteiger partial charge in [-0.3, -0.25) is 14.5 Å². The predicted molar refractivity (Wildman–Crippen MR) is 93.4 cm³/mol. The normalized spacial score (nSPS) is 25.6. The largest absolute Gasteiger partial charge is 0.487 e. The third-order valence-corrected chi connectivity index (χ3v) is 5.90. The Labute approximate surface area is 149 Å². The molecule has 3 aliphatic rings. The van der Waals surface area contributed by atoms with E-state index in [0.717, 1.165) is 32.4 Å². The lowest BCUT2D eigenvalue weighted by molar-refractivity contribution is 0.0512. The van der Waals surface area contributed by atoms with Gasteiger partial charge in [0.1, 0.15) is 6.17 Å². The molecule has 4 heterocycles. The van der Waals surface area contributed by atoms with Crippen LogP contribution < -0.4 is 10.2 Å². The molecule has 7 heteroatoms. The molecule has 24 heavy (non-hydrogen) atoms. The van der Waals surface area contributed by atoms with Gasteiger partial charge >= 0.3 is 0 Å². The van der Waals surface area contributed by atoms with Crippen molar-refractivity contribution >= 4 is 21.8 Å². The summed E-state index contributed by atoms with van der Waals surface area (Å²) in [6, 6.07) is 0.466. The van der Waals surface area contributed by atoms with E-state index >= 15 is 0 Å². The van der Waals surface area contributed by atoms with Crippen molar-refractivity contribution in [3.8, 4) is 5.75 Å². The Balaban J connectivity index is 1.73. The molecule has 130 valence electrons. The summed E-state index contributed by atoms with van der Waals surface area (Å²) in [4.78, 5) is 30.0. The topological polar surface area (TPSA) is 54.8 Å². The van der Waals surface area contributed by atoms with Crippen LogP contribution in [0.4, 0.5) is 0 Å². The minimum atomic E-state index is -0.233. The minimum Gasteiger partial charge on any atom is -0.487 e. The second-order valence-corrected chi connectivity index (χ2v) is 7.66. The van der Waals surface area contributed by atoms with Gasteiger partial charge in [-0.15, -0.1) is 0 Å². The van der Waals surface area contributed by atoms with Crippen LogP contribution in [0.1, 0.15) is 43.1 Å². The summed E-state index contributed by atoms with van der Waals surface area (Å²) < 4.78 is 8.10. The number of halogens is 1. The molecule has 2 saturated heterocycles. The number of nitrogens with zero attached hydrogens (tertiary/aromatic N) is 3. The number of amides is 1. The summed E-state index contributed by atoms with van der Waals surface area (Å²) in [6.07, 6.45) is 6.05. The molecule has 4 rings (SSSR count). The molecule has 0 bridgehead atoms. The fraction of sp³-hybridized carbons (Fsp3) is 0.647. The van der Waals surface area contributed by atoms with Gasteiger partial charge in [0, 0.05) is 25.3 Å². The van der Waals surface area contributed by atoms with E-state index in [4.69, 9.17) is 4.74 Å². The molecule has 2 atom stereocenters. The number of pyridine rings is 1. The van der Waals surface area contributed by atoms with Crippen molar-refractivity contribution in [2.24, 2.45) is 0 Å². The lowest BCUT2D eigenvalue weighted by Gasteiger charge is -2.36. The molecule has 0 radical (unpaired) electrons. The number of fused-ring (bicyclic) bond motifs is 4. The summed E-state index contributed by atoms with van der Waals surface area (Å²) in [5, 5.41) is 0. The first kappa shape index (κ1) is 16.1. The van der Waals surface area contributed by atoms with Crippen LogP contribution in [-0.2, 0) is 6.54 Å². The smallest absolute Gasteiger partial charge is 0.275 e. The zero-order valence-corrected chi connectivity index (χ0v) is 15.4. The Morgan fingerprint density at radius 3 is 2.96 bits per heavy atom. The van der Waals surface area contributed by atoms with E-state index in [-0.39, 0.29) is 23.3 Å². The van der Waals surface area contributed by atoms with Crippen LogP contribution in [0.25, 0.3) is 0 Å². The van der Waals surface area contributed by atoms with Crippen LogP contribution in [0, 0.1) is 0 Å². The maximum Gasteiger partial charge on any atom is 0.275 e. The first-order chi connectivity index (χ1) is 11.6. The van der Waals surface area contributed by atoms with E-state index in [1.807, 2.05) is 9.47 Å². The summed E-state index contributed by atoms with van der Waals surface area (Å²) in [5.41, 5.74) is 0.181. The molecule has 0 aliphatic carbocycles. The Bertz CT molecular complexity index is 733. The van der Waals surface area contributed by atoms with Crippen LogP contribution in [0.2, 0.25) is 0 Å². The molecule has 1 amide bonds. The molecular formula is C17H22BrN3O3. The van der Waals surface area contributed by atoms with Crippen molar-refractivity contribution in [1.82, 2.24) is 14.4 Å². The van der Waals surface area contributed by atoms with Crippen molar-refractivity contribution < 1.29 is 9.53 Å². The van der Waals surface area contributed by atoms with Gasteiger partial charge in [0.05, 0.1) is 17.6 Å². The maximum absolute atomic E-state index is 13.1. The van der Waals surface area contributed by atoms with Crippen molar-refractivity contribution in [1.29, 1.82) is 0 Å². The van der Waals surface area contributed by atoms with E-state index in [0.29, 0.717) is 29.4 Å². The summed E-state index contributed by atoms with van der Waals surface area (Å²) in [7, 11) is 0. The molecule has 3 aliphatic heterocycles. The van der Waals surface area contributed by atoms with Gasteiger partial charge in [-0.1, -0.05) is 13.3 Å². The average Bonchev–Trinajstić information content (AvgIpc) is 3.14. The number of rotatable bonds is 4. The zero-order chi connectivity index (χ0) is 16.8. The number of hydrogen-bond acceptors (Lipinski definition) is 4. The second-order valence-electron chi connectivity index (χ2n) is 6.81. The molecule has 0 saturated carbocycles. The van der Waals surface area contributed by atoms with Gasteiger partial charge in [0.2, 0.25) is 5.43 Å². The number of unbranched alkanes of at least 4 members (excludes halogenated alkanes) is 1. The van der Waals surface area contributed by atoms with E-state index < -0.39 is 0 Å². The van der Waals surface area contributed by atoms with E-state index in [1.54, 1.807) is 6.20 Å². The summed E-state index contributed by atoms with van der Waals surface area (Å²) >= 11 is 3.33. The highest BCUT2D eigenvalue weighted by Crippen LogP contribution is 2.35. The third-order valence-electron chi connectivity index (χ3n) is 5.34. The van der Waals surface area contributed by atoms with Gasteiger partial charge in [0.25, 0.3) is 5.91 Å². The first-order valence-corrected chi connectivity index (χ1v) is 9.53. The van der Waals surface area contributed by atoms with E-state index in [9.17, 15) is 9.59 Å². The monoisotopic (exact) mass is 395 g/mol. The molecule has 0 aromatic carbocycles. The van der Waals surface area contributed by atoms with Gasteiger partial charge in [-0.2, -0.15) is 0 Å². The number of carbonyl (C=O) groups is 1. The lowest BCUT2D eigenvalue weighted by atomic mass is 10.2. The Kier molecular flexibility index (Phi) is 4.16. The first-order valence-electron chi connectivity index (χ1n) is 8.74. The van der Waals surface area contributed by atoms with Crippen LogP contribution in [0.5, 0.6) is 5.75 Å². The molecular weight excluding hydrogens is 374 g/mol. The standard InChI is InChI=1S/C17H22BrN3O3/c1-2-3-7-24-16-14-17(23)21-8-11-5-4-6-20(11)13(21)10-19(14)9-12(18)15(16)22/h9,11,13H,2-8,10H2,1H3. The zero-order valence-electron chi connectivity index (χ0n) is 13.8. The number of hydrogen-bond donors (Lipinski definition) is 0. The van der Waals surface area contributed by atoms with Gasteiger partial charge in [-0.25, -0.2) is 0 Å². The Morgan fingerprint density at radius 1 is 1.33 bits per heavy atom. The maximum atomic E-state index is 13.1. The van der Waals surface area contributed by atoms with Gasteiger partial charge in [0.15, 0.2) is 11.4 Å². The predicted octanol–water partition coefficient (Wildman–Crippen LogP) is 2.05. The summed E-state index contributed by atoms with van der Waals surface area (Å²) in [6.45, 7) is 5.04. The fourth-order valence-corrected chi connectivity index (χ4v) is 4.56. The molecule has 1 aromatic rings. The van der Waals surface area contributed by atoms with E-state index in [1.165, 1.54) is 6.42 Å². The van der Waals surface area contributed by atoms with Crippen molar-refractivity contribution in [2.75, 3.05) is 19.7 Å². The Morgan fingerprint density at radius 2 is 2.17 bits per heavy atom. The Hall–Kier alpha value is -1.34. The number of carbonyl (C=O) groups excluding carboxylic acids is 1. The third kappa shape index (κ3) is 2.40. The van der Waals surface area contributed by atoms with Crippen LogP contribution in [0.3, 0.4) is 0 Å². The van der Waals surface area contributed by atoms with Gasteiger partial charge < -0.3 is 14.2 Å². The van der Waals surface area contributed by atoms with Crippen molar-refractivity contribution in [3.05, 3.63) is 26.6 Å². The second kappa shape index (κ2) is 6.19. The van der Waals surface area contributed by atoms with Gasteiger partial charge in [-0.05, 0) is 35.2 Å². The molecule has 2 unspecified atom stereocenters. The quantitative estimate of drug-likeness (QED) is 0.732. The highest BCUT2D eigenvalue weighted by atomic mass is 79.9. The number of aromatic nitrogens is 1. The summed E-state index contributed by atoms with van der Waals surface area (Å²) in [5.74, 6) is 0.130. The fourth-order valence-electron chi connectivity index (χ4n) is 4.13. The molecule has 0 N–H and O–H groups in total. The highest BCUT2D eigenvalue weighted by Gasteiger charge is 2.48.